The summed E-state index contributed by atoms with van der Waals surface area (Å²) in [5.41, 5.74) is 1.66. The maximum absolute atomic E-state index is 11.6. The molecule has 1 heterocycles. The van der Waals surface area contributed by atoms with E-state index in [4.69, 9.17) is 4.98 Å². The van der Waals surface area contributed by atoms with Crippen LogP contribution in [0.15, 0.2) is 0 Å². The highest BCUT2D eigenvalue weighted by Crippen LogP contribution is 2.61. The molecule has 4 fully saturated rings. The van der Waals surface area contributed by atoms with Crippen LogP contribution in [0, 0.1) is 24.7 Å². The molecule has 0 unspecified atom stereocenters. The molecule has 4 aliphatic rings. The van der Waals surface area contributed by atoms with Crippen LogP contribution in [0.4, 0.5) is 5.13 Å². The summed E-state index contributed by atoms with van der Waals surface area (Å²) in [4.78, 5) is 17.8. The Morgan fingerprint density at radius 1 is 1.24 bits per heavy atom. The average molecular weight is 304 g/mol. The van der Waals surface area contributed by atoms with E-state index < -0.39 is 0 Å². The molecule has 0 aliphatic heterocycles. The average Bonchev–Trinajstić information content (AvgIpc) is 2.78. The minimum Gasteiger partial charge on any atom is -0.302 e. The van der Waals surface area contributed by atoms with E-state index in [0.29, 0.717) is 11.8 Å². The Morgan fingerprint density at radius 3 is 2.33 bits per heavy atom. The zero-order chi connectivity index (χ0) is 14.6. The van der Waals surface area contributed by atoms with Crippen molar-refractivity contribution < 1.29 is 4.79 Å². The second-order valence-corrected chi connectivity index (χ2v) is 8.73. The summed E-state index contributed by atoms with van der Waals surface area (Å²) < 4.78 is 0. The highest BCUT2D eigenvalue weighted by Gasteiger charge is 2.53. The minimum atomic E-state index is 0.0702. The molecule has 3 nitrogen and oxygen atoms in total. The number of hydrogen-bond donors (Lipinski definition) is 1. The summed E-state index contributed by atoms with van der Waals surface area (Å²) in [5.74, 6) is 2.88. The van der Waals surface area contributed by atoms with Crippen LogP contribution in [0.25, 0.3) is 0 Å². The number of thiazole rings is 1. The van der Waals surface area contributed by atoms with Gasteiger partial charge in [0.2, 0.25) is 5.91 Å². The van der Waals surface area contributed by atoms with Gasteiger partial charge >= 0.3 is 0 Å². The molecule has 4 bridgehead atoms. The molecule has 1 aromatic heterocycles. The third-order valence-electron chi connectivity index (χ3n) is 5.90. The minimum absolute atomic E-state index is 0.0702. The Balaban J connectivity index is 1.65. The van der Waals surface area contributed by atoms with Crippen molar-refractivity contribution in [1.29, 1.82) is 0 Å². The topological polar surface area (TPSA) is 42.0 Å². The molecule has 4 saturated carbocycles. The number of amides is 1. The van der Waals surface area contributed by atoms with Gasteiger partial charge in [0, 0.05) is 16.7 Å². The fourth-order valence-corrected chi connectivity index (χ4v) is 6.50. The van der Waals surface area contributed by atoms with Crippen molar-refractivity contribution in [1.82, 2.24) is 4.98 Å². The van der Waals surface area contributed by atoms with Crippen LogP contribution in [0.3, 0.4) is 0 Å². The van der Waals surface area contributed by atoms with Crippen molar-refractivity contribution >= 4 is 22.4 Å². The molecule has 1 amide bonds. The first-order valence-electron chi connectivity index (χ1n) is 8.36. The standard InChI is InChI=1S/C17H24N2OS/c1-3-14(20)18-16-19-15(10(2)21-16)17-7-11-4-12(8-17)6-13(5-11)9-17/h11-13H,3-9H2,1-2H3,(H,18,19,20). The maximum Gasteiger partial charge on any atom is 0.225 e. The van der Waals surface area contributed by atoms with E-state index in [1.165, 1.54) is 49.1 Å². The summed E-state index contributed by atoms with van der Waals surface area (Å²) in [7, 11) is 0. The third-order valence-corrected chi connectivity index (χ3v) is 6.79. The van der Waals surface area contributed by atoms with Crippen molar-refractivity contribution in [2.45, 2.75) is 64.2 Å². The van der Waals surface area contributed by atoms with Crippen molar-refractivity contribution in [3.8, 4) is 0 Å². The summed E-state index contributed by atoms with van der Waals surface area (Å²) in [6.07, 6.45) is 8.91. The predicted molar refractivity (Wildman–Crippen MR) is 85.6 cm³/mol. The number of nitrogens with zero attached hydrogens (tertiary/aromatic N) is 1. The van der Waals surface area contributed by atoms with Crippen LogP contribution in [-0.2, 0) is 10.2 Å². The molecular weight excluding hydrogens is 280 g/mol. The highest BCUT2D eigenvalue weighted by atomic mass is 32.1. The number of aromatic nitrogens is 1. The van der Waals surface area contributed by atoms with E-state index in [1.54, 1.807) is 11.3 Å². The first-order chi connectivity index (χ1) is 10.1. The monoisotopic (exact) mass is 304 g/mol. The first-order valence-corrected chi connectivity index (χ1v) is 9.17. The fraction of sp³-hybridized carbons (Fsp3) is 0.765. The number of nitrogens with one attached hydrogen (secondary N) is 1. The van der Waals surface area contributed by atoms with Crippen LogP contribution in [-0.4, -0.2) is 10.9 Å². The van der Waals surface area contributed by atoms with Gasteiger partial charge in [0.25, 0.3) is 0 Å². The van der Waals surface area contributed by atoms with Crippen LogP contribution in [0.1, 0.15) is 62.4 Å². The van der Waals surface area contributed by atoms with Crippen molar-refractivity contribution in [3.05, 3.63) is 10.6 Å². The normalized spacial score (nSPS) is 37.0. The Labute approximate surface area is 130 Å². The van der Waals surface area contributed by atoms with Gasteiger partial charge in [-0.1, -0.05) is 6.92 Å². The van der Waals surface area contributed by atoms with E-state index >= 15 is 0 Å². The summed E-state index contributed by atoms with van der Waals surface area (Å²) >= 11 is 1.66. The van der Waals surface area contributed by atoms with Crippen LogP contribution in [0.5, 0.6) is 0 Å². The smallest absolute Gasteiger partial charge is 0.225 e. The summed E-state index contributed by atoms with van der Waals surface area (Å²) in [6, 6.07) is 0. The molecule has 4 aliphatic carbocycles. The molecule has 1 N–H and O–H groups in total. The van der Waals surface area contributed by atoms with Gasteiger partial charge in [-0.05, 0) is 63.2 Å². The van der Waals surface area contributed by atoms with Crippen molar-refractivity contribution in [2.24, 2.45) is 17.8 Å². The van der Waals surface area contributed by atoms with Gasteiger partial charge in [0.05, 0.1) is 5.69 Å². The van der Waals surface area contributed by atoms with Crippen LogP contribution >= 0.6 is 11.3 Å². The third kappa shape index (κ3) is 2.23. The molecule has 0 spiro atoms. The molecule has 5 rings (SSSR count). The van der Waals surface area contributed by atoms with E-state index in [9.17, 15) is 4.79 Å². The van der Waals surface area contributed by atoms with Crippen molar-refractivity contribution in [3.63, 3.8) is 0 Å². The van der Waals surface area contributed by atoms with Gasteiger partial charge in [-0.2, -0.15) is 0 Å². The second kappa shape index (κ2) is 4.80. The Morgan fingerprint density at radius 2 is 1.81 bits per heavy atom. The zero-order valence-corrected chi connectivity index (χ0v) is 13.8. The van der Waals surface area contributed by atoms with Gasteiger partial charge < -0.3 is 5.32 Å². The fourth-order valence-electron chi connectivity index (χ4n) is 5.55. The van der Waals surface area contributed by atoms with E-state index in [0.717, 1.165) is 22.9 Å². The SMILES string of the molecule is CCC(=O)Nc1nc(C23CC4CC(CC(C4)C2)C3)c(C)s1. The van der Waals surface area contributed by atoms with Crippen LogP contribution in [0.2, 0.25) is 0 Å². The van der Waals surface area contributed by atoms with Gasteiger partial charge in [0.15, 0.2) is 5.13 Å². The molecule has 0 saturated heterocycles. The lowest BCUT2D eigenvalue weighted by Gasteiger charge is -2.56. The molecule has 21 heavy (non-hydrogen) atoms. The molecular formula is C17H24N2OS. The lowest BCUT2D eigenvalue weighted by molar-refractivity contribution is -0.115. The summed E-state index contributed by atoms with van der Waals surface area (Å²) in [6.45, 7) is 4.07. The number of carbonyl (C=O) groups is 1. The van der Waals surface area contributed by atoms with E-state index in [1.807, 2.05) is 6.92 Å². The number of aryl methyl sites for hydroxylation is 1. The molecule has 0 atom stereocenters. The predicted octanol–water partition coefficient (Wildman–Crippen LogP) is 4.27. The molecule has 4 heteroatoms. The molecule has 114 valence electrons. The van der Waals surface area contributed by atoms with Crippen molar-refractivity contribution in [2.75, 3.05) is 5.32 Å². The first kappa shape index (κ1) is 13.7. The highest BCUT2D eigenvalue weighted by molar-refractivity contribution is 7.15. The molecule has 0 aromatic carbocycles. The lowest BCUT2D eigenvalue weighted by Crippen LogP contribution is -2.49. The molecule has 0 radical (unpaired) electrons. The summed E-state index contributed by atoms with van der Waals surface area (Å²) in [5, 5.41) is 3.76. The number of rotatable bonds is 3. The van der Waals surface area contributed by atoms with Gasteiger partial charge in [-0.15, -0.1) is 11.3 Å². The van der Waals surface area contributed by atoms with Gasteiger partial charge in [-0.25, -0.2) is 4.98 Å². The number of carbonyl (C=O) groups excluding carboxylic acids is 1. The van der Waals surface area contributed by atoms with E-state index in [2.05, 4.69) is 12.2 Å². The maximum atomic E-state index is 11.6. The number of hydrogen-bond acceptors (Lipinski definition) is 3. The Bertz CT molecular complexity index is 542. The quantitative estimate of drug-likeness (QED) is 0.906. The second-order valence-electron chi connectivity index (χ2n) is 7.52. The van der Waals surface area contributed by atoms with Crippen LogP contribution < -0.4 is 5.32 Å². The Hall–Kier alpha value is -0.900. The van der Waals surface area contributed by atoms with Gasteiger partial charge in [0.1, 0.15) is 0 Å². The Kier molecular flexibility index (Phi) is 3.14. The molecule has 1 aromatic rings. The van der Waals surface area contributed by atoms with Gasteiger partial charge in [-0.3, -0.25) is 4.79 Å². The zero-order valence-electron chi connectivity index (χ0n) is 12.9. The number of anilines is 1. The van der Waals surface area contributed by atoms with E-state index in [-0.39, 0.29) is 5.91 Å². The largest absolute Gasteiger partial charge is 0.302 e. The lowest BCUT2D eigenvalue weighted by atomic mass is 9.48.